The minimum atomic E-state index is -0.0356. The van der Waals surface area contributed by atoms with E-state index in [4.69, 9.17) is 5.73 Å². The number of amides is 1. The first kappa shape index (κ1) is 14.1. The van der Waals surface area contributed by atoms with E-state index in [1.165, 1.54) is 57.8 Å². The van der Waals surface area contributed by atoms with Gasteiger partial charge in [-0.2, -0.15) is 0 Å². The number of rotatable bonds is 1. The Morgan fingerprint density at radius 2 is 1.10 bits per heavy atom. The van der Waals surface area contributed by atoms with Gasteiger partial charge in [0.1, 0.15) is 0 Å². The lowest BCUT2D eigenvalue weighted by molar-refractivity contribution is -0.124. The minimum absolute atomic E-state index is 0.0356. The van der Waals surface area contributed by atoms with Crippen LogP contribution >= 0.6 is 0 Å². The van der Waals surface area contributed by atoms with Crippen molar-refractivity contribution in [2.24, 2.45) is 47.2 Å². The van der Waals surface area contributed by atoms with Crippen LogP contribution in [0.25, 0.3) is 0 Å². The van der Waals surface area contributed by atoms with Crippen LogP contribution in [0.15, 0.2) is 0 Å². The molecule has 0 aromatic rings. The Labute approximate surface area is 129 Å². The second kappa shape index (κ2) is 5.59. The summed E-state index contributed by atoms with van der Waals surface area (Å²) in [4.78, 5) is 11.5. The lowest BCUT2D eigenvalue weighted by Crippen LogP contribution is -2.43. The van der Waals surface area contributed by atoms with Gasteiger partial charge in [0.15, 0.2) is 0 Å². The molecule has 4 rings (SSSR count). The summed E-state index contributed by atoms with van der Waals surface area (Å²) in [5, 5.41) is 0. The number of fused-ring (bicyclic) bond motifs is 3. The van der Waals surface area contributed by atoms with Crippen molar-refractivity contribution in [2.75, 3.05) is 0 Å². The third kappa shape index (κ3) is 2.64. The highest BCUT2D eigenvalue weighted by Gasteiger charge is 2.45. The first-order chi connectivity index (χ1) is 10.2. The van der Waals surface area contributed by atoms with Crippen molar-refractivity contribution >= 4 is 5.91 Å². The van der Waals surface area contributed by atoms with Gasteiger partial charge >= 0.3 is 0 Å². The molecule has 0 saturated heterocycles. The number of carbonyl (C=O) groups excluding carboxylic acids is 1. The molecule has 0 aromatic carbocycles. The van der Waals surface area contributed by atoms with E-state index >= 15 is 0 Å². The molecule has 4 fully saturated rings. The summed E-state index contributed by atoms with van der Waals surface area (Å²) < 4.78 is 0. The minimum Gasteiger partial charge on any atom is -0.369 e. The molecule has 0 bridgehead atoms. The van der Waals surface area contributed by atoms with Crippen molar-refractivity contribution in [2.45, 2.75) is 70.6 Å². The van der Waals surface area contributed by atoms with Crippen LogP contribution in [0.4, 0.5) is 0 Å². The molecule has 0 heterocycles. The van der Waals surface area contributed by atoms with Gasteiger partial charge in [-0.3, -0.25) is 4.79 Å². The Morgan fingerprint density at radius 3 is 1.67 bits per heavy atom. The van der Waals surface area contributed by atoms with Crippen molar-refractivity contribution in [3.63, 3.8) is 0 Å². The van der Waals surface area contributed by atoms with Gasteiger partial charge in [0.25, 0.3) is 0 Å². The van der Waals surface area contributed by atoms with Gasteiger partial charge in [-0.05, 0) is 80.5 Å². The second-order valence-electron chi connectivity index (χ2n) is 8.70. The molecular weight excluding hydrogens is 258 g/mol. The third-order valence-electron chi connectivity index (χ3n) is 7.70. The fourth-order valence-electron chi connectivity index (χ4n) is 6.61. The number of carbonyl (C=O) groups is 1. The van der Waals surface area contributed by atoms with E-state index in [2.05, 4.69) is 0 Å². The van der Waals surface area contributed by atoms with E-state index in [1.807, 2.05) is 0 Å². The van der Waals surface area contributed by atoms with Crippen LogP contribution in [0.5, 0.6) is 0 Å². The summed E-state index contributed by atoms with van der Waals surface area (Å²) in [5.41, 5.74) is 5.57. The van der Waals surface area contributed by atoms with Crippen LogP contribution in [0, 0.1) is 41.4 Å². The fraction of sp³-hybridized carbons (Fsp3) is 0.947. The summed E-state index contributed by atoms with van der Waals surface area (Å²) in [7, 11) is 0. The van der Waals surface area contributed by atoms with Gasteiger partial charge in [-0.1, -0.05) is 25.7 Å². The highest BCUT2D eigenvalue weighted by molar-refractivity contribution is 5.76. The van der Waals surface area contributed by atoms with Crippen LogP contribution in [0.3, 0.4) is 0 Å². The van der Waals surface area contributed by atoms with Crippen LogP contribution in [0.2, 0.25) is 0 Å². The molecule has 2 heteroatoms. The molecule has 2 nitrogen and oxygen atoms in total. The first-order valence-electron chi connectivity index (χ1n) is 9.50. The second-order valence-corrected chi connectivity index (χ2v) is 8.70. The lowest BCUT2D eigenvalue weighted by atomic mass is 9.54. The molecule has 4 aliphatic carbocycles. The van der Waals surface area contributed by atoms with E-state index in [0.29, 0.717) is 0 Å². The number of primary amides is 1. The summed E-state index contributed by atoms with van der Waals surface area (Å²) in [6.07, 6.45) is 15.4. The zero-order chi connectivity index (χ0) is 14.4. The quantitative estimate of drug-likeness (QED) is 0.775. The molecule has 0 aliphatic heterocycles. The monoisotopic (exact) mass is 289 g/mol. The zero-order valence-electron chi connectivity index (χ0n) is 13.3. The molecule has 4 saturated carbocycles. The molecule has 7 atom stereocenters. The Hall–Kier alpha value is -0.530. The third-order valence-corrected chi connectivity index (χ3v) is 7.70. The van der Waals surface area contributed by atoms with E-state index in [-0.39, 0.29) is 11.8 Å². The van der Waals surface area contributed by atoms with Gasteiger partial charge in [-0.15, -0.1) is 0 Å². The molecule has 0 spiro atoms. The summed E-state index contributed by atoms with van der Waals surface area (Å²) in [5.74, 6) is 6.01. The van der Waals surface area contributed by atoms with Crippen molar-refractivity contribution in [3.8, 4) is 0 Å². The number of nitrogens with two attached hydrogens (primary N) is 1. The van der Waals surface area contributed by atoms with E-state index in [1.54, 1.807) is 0 Å². The lowest BCUT2D eigenvalue weighted by Gasteiger charge is -2.51. The molecule has 1 amide bonds. The fourth-order valence-corrected chi connectivity index (χ4v) is 6.61. The largest absolute Gasteiger partial charge is 0.369 e. The van der Waals surface area contributed by atoms with Crippen LogP contribution in [0.1, 0.15) is 70.6 Å². The average molecular weight is 289 g/mol. The predicted octanol–water partition coefficient (Wildman–Crippen LogP) is 4.13. The first-order valence-corrected chi connectivity index (χ1v) is 9.50. The Morgan fingerprint density at radius 1 is 0.619 bits per heavy atom. The molecule has 0 radical (unpaired) electrons. The van der Waals surface area contributed by atoms with E-state index in [0.717, 1.165) is 48.3 Å². The smallest absolute Gasteiger partial charge is 0.220 e. The van der Waals surface area contributed by atoms with Gasteiger partial charge in [0.05, 0.1) is 0 Å². The Kier molecular flexibility index (Phi) is 3.75. The molecule has 7 unspecified atom stereocenters. The zero-order valence-corrected chi connectivity index (χ0v) is 13.3. The maximum absolute atomic E-state index is 11.5. The van der Waals surface area contributed by atoms with Crippen molar-refractivity contribution in [3.05, 3.63) is 0 Å². The summed E-state index contributed by atoms with van der Waals surface area (Å²) >= 11 is 0. The van der Waals surface area contributed by atoms with Gasteiger partial charge in [0.2, 0.25) is 5.91 Å². The van der Waals surface area contributed by atoms with Gasteiger partial charge in [0, 0.05) is 5.92 Å². The van der Waals surface area contributed by atoms with Gasteiger partial charge < -0.3 is 5.73 Å². The van der Waals surface area contributed by atoms with Crippen molar-refractivity contribution < 1.29 is 4.79 Å². The molecular formula is C19H31NO. The van der Waals surface area contributed by atoms with E-state index in [9.17, 15) is 4.79 Å². The maximum Gasteiger partial charge on any atom is 0.220 e. The number of hydrogen-bond acceptors (Lipinski definition) is 1. The van der Waals surface area contributed by atoms with Crippen LogP contribution in [-0.2, 0) is 4.79 Å². The molecule has 4 aliphatic rings. The Bertz CT molecular complexity index is 406. The molecule has 118 valence electrons. The highest BCUT2D eigenvalue weighted by atomic mass is 16.1. The van der Waals surface area contributed by atoms with Crippen molar-refractivity contribution in [1.29, 1.82) is 0 Å². The topological polar surface area (TPSA) is 43.1 Å². The van der Waals surface area contributed by atoms with Crippen molar-refractivity contribution in [1.82, 2.24) is 0 Å². The SMILES string of the molecule is NC(=O)C1CCC2CC3CC4CCCCC4CC3CC2C1. The van der Waals surface area contributed by atoms with Crippen LogP contribution < -0.4 is 5.73 Å². The predicted molar refractivity (Wildman–Crippen MR) is 84.4 cm³/mol. The molecule has 2 N–H and O–H groups in total. The normalized spacial score (nSPS) is 49.6. The highest BCUT2D eigenvalue weighted by Crippen LogP contribution is 2.55. The van der Waals surface area contributed by atoms with Crippen LogP contribution in [-0.4, -0.2) is 5.91 Å². The maximum atomic E-state index is 11.5. The van der Waals surface area contributed by atoms with E-state index < -0.39 is 0 Å². The average Bonchev–Trinajstić information content (AvgIpc) is 2.50. The molecule has 0 aromatic heterocycles. The van der Waals surface area contributed by atoms with Gasteiger partial charge in [-0.25, -0.2) is 0 Å². The Balaban J connectivity index is 1.43. The summed E-state index contributed by atoms with van der Waals surface area (Å²) in [6, 6.07) is 0. The standard InChI is InChI=1S/C19H31NO/c20-19(21)15-6-5-14-9-17-7-12-3-1-2-4-13(12)8-18(17)11-16(14)10-15/h12-18H,1-11H2,(H2,20,21). The molecule has 21 heavy (non-hydrogen) atoms. The summed E-state index contributed by atoms with van der Waals surface area (Å²) in [6.45, 7) is 0. The number of hydrogen-bond donors (Lipinski definition) is 1.